The normalized spacial score (nSPS) is 12.5. The van der Waals surface area contributed by atoms with Gasteiger partial charge >= 0.3 is 5.97 Å². The maximum absolute atomic E-state index is 10.8. The number of aryl methyl sites for hydroxylation is 2. The molecule has 6 nitrogen and oxygen atoms in total. The first kappa shape index (κ1) is 20.8. The van der Waals surface area contributed by atoms with Gasteiger partial charge in [-0.25, -0.2) is 4.98 Å². The zero-order chi connectivity index (χ0) is 19.1. The molecule has 0 spiro atoms. The molecule has 0 saturated carbocycles. The molecule has 0 aliphatic rings. The van der Waals surface area contributed by atoms with Gasteiger partial charge in [-0.05, 0) is 31.0 Å². The highest BCUT2D eigenvalue weighted by Gasteiger charge is 2.13. The summed E-state index contributed by atoms with van der Waals surface area (Å²) in [6, 6.07) is 5.42. The van der Waals surface area contributed by atoms with Crippen LogP contribution in [0, 0.1) is 0 Å². The van der Waals surface area contributed by atoms with E-state index in [1.165, 1.54) is 0 Å². The fourth-order valence-corrected chi connectivity index (χ4v) is 3.41. The molecule has 3 N–H and O–H groups in total. The number of hydrogen-bond acceptors (Lipinski definition) is 4. The summed E-state index contributed by atoms with van der Waals surface area (Å²) >= 11 is 11.8. The monoisotopic (exact) mass is 400 g/mol. The Morgan fingerprint density at radius 2 is 2.00 bits per heavy atom. The van der Waals surface area contributed by atoms with Crippen LogP contribution in [0.2, 0.25) is 0 Å². The van der Waals surface area contributed by atoms with Crippen molar-refractivity contribution >= 4 is 45.9 Å². The number of alkyl halides is 2. The van der Waals surface area contributed by atoms with Gasteiger partial charge in [0.1, 0.15) is 11.9 Å². The molecule has 0 aliphatic carbocycles. The zero-order valence-corrected chi connectivity index (χ0v) is 16.5. The van der Waals surface area contributed by atoms with Crippen molar-refractivity contribution in [2.75, 3.05) is 29.7 Å². The summed E-state index contributed by atoms with van der Waals surface area (Å²) in [4.78, 5) is 17.7. The van der Waals surface area contributed by atoms with Gasteiger partial charge in [0.05, 0.1) is 11.0 Å². The average Bonchev–Trinajstić information content (AvgIpc) is 2.93. The van der Waals surface area contributed by atoms with E-state index in [1.54, 1.807) is 0 Å². The molecule has 8 heteroatoms. The molecule has 2 aromatic rings. The average molecular weight is 401 g/mol. The number of halogens is 2. The number of nitrogens with two attached hydrogens (primary N) is 1. The second-order valence-corrected chi connectivity index (χ2v) is 7.07. The number of unbranched alkanes of at least 4 members (excludes halogenated alkanes) is 1. The first-order valence-corrected chi connectivity index (χ1v) is 9.85. The van der Waals surface area contributed by atoms with Crippen LogP contribution in [-0.4, -0.2) is 51.5 Å². The van der Waals surface area contributed by atoms with E-state index >= 15 is 0 Å². The Labute approximate surface area is 163 Å². The van der Waals surface area contributed by atoms with E-state index in [2.05, 4.69) is 27.7 Å². The second-order valence-electron chi connectivity index (χ2n) is 6.32. The lowest BCUT2D eigenvalue weighted by atomic mass is 10.1. The Morgan fingerprint density at radius 3 is 2.62 bits per heavy atom. The minimum atomic E-state index is -0.946. The Hall–Kier alpha value is -1.50. The Balaban J connectivity index is 2.07. The molecular weight excluding hydrogens is 375 g/mol. The molecule has 1 atom stereocenters. The first-order chi connectivity index (χ1) is 12.5. The smallest absolute Gasteiger partial charge is 0.320 e. The number of fused-ring (bicyclic) bond motifs is 1. The number of carboxylic acid groups (broad SMARTS) is 1. The van der Waals surface area contributed by atoms with Gasteiger partial charge in [0.2, 0.25) is 0 Å². The lowest BCUT2D eigenvalue weighted by Gasteiger charge is -2.22. The number of anilines is 1. The van der Waals surface area contributed by atoms with Crippen molar-refractivity contribution in [1.29, 1.82) is 0 Å². The van der Waals surface area contributed by atoms with Gasteiger partial charge in [0.15, 0.2) is 0 Å². The molecule has 1 aromatic carbocycles. The number of benzene rings is 1. The third-order valence-corrected chi connectivity index (χ3v) is 4.85. The highest BCUT2D eigenvalue weighted by atomic mass is 35.5. The van der Waals surface area contributed by atoms with Crippen molar-refractivity contribution in [3.05, 3.63) is 24.0 Å². The van der Waals surface area contributed by atoms with Crippen molar-refractivity contribution in [3.63, 3.8) is 0 Å². The maximum atomic E-state index is 10.8. The first-order valence-electron chi connectivity index (χ1n) is 8.78. The van der Waals surface area contributed by atoms with Crippen LogP contribution in [0.3, 0.4) is 0 Å². The largest absolute Gasteiger partial charge is 0.480 e. The summed E-state index contributed by atoms with van der Waals surface area (Å²) in [5.74, 6) is 1.13. The van der Waals surface area contributed by atoms with Gasteiger partial charge < -0.3 is 20.3 Å². The third-order valence-electron chi connectivity index (χ3n) is 4.51. The molecule has 0 radical (unpaired) electrons. The molecule has 0 unspecified atom stereocenters. The number of aromatic nitrogens is 2. The van der Waals surface area contributed by atoms with Crippen LogP contribution >= 0.6 is 23.2 Å². The Bertz CT molecular complexity index is 729. The van der Waals surface area contributed by atoms with Gasteiger partial charge in [-0.15, -0.1) is 23.2 Å². The van der Waals surface area contributed by atoms with E-state index in [4.69, 9.17) is 39.0 Å². The Kier molecular flexibility index (Phi) is 8.00. The lowest BCUT2D eigenvalue weighted by Crippen LogP contribution is -2.29. The molecule has 1 heterocycles. The second kappa shape index (κ2) is 10.00. The highest BCUT2D eigenvalue weighted by Crippen LogP contribution is 2.23. The topological polar surface area (TPSA) is 84.4 Å². The molecule has 0 fully saturated rings. The molecule has 0 bridgehead atoms. The van der Waals surface area contributed by atoms with Crippen LogP contribution in [-0.2, 0) is 18.3 Å². The molecule has 1 aromatic heterocycles. The van der Waals surface area contributed by atoms with E-state index in [0.29, 0.717) is 18.2 Å². The minimum absolute atomic E-state index is 0.481. The number of carboxylic acids is 1. The van der Waals surface area contributed by atoms with Crippen molar-refractivity contribution in [2.45, 2.75) is 31.7 Å². The van der Waals surface area contributed by atoms with Crippen LogP contribution in [0.5, 0.6) is 0 Å². The number of carbonyl (C=O) groups is 1. The third kappa shape index (κ3) is 5.25. The fourth-order valence-electron chi connectivity index (χ4n) is 3.00. The fraction of sp³-hybridized carbons (Fsp3) is 0.556. The van der Waals surface area contributed by atoms with Crippen LogP contribution < -0.4 is 10.6 Å². The summed E-state index contributed by atoms with van der Waals surface area (Å²) in [7, 11) is 2.00. The summed E-state index contributed by atoms with van der Waals surface area (Å²) in [6.07, 6.45) is 2.89. The van der Waals surface area contributed by atoms with Gasteiger partial charge in [0.25, 0.3) is 0 Å². The van der Waals surface area contributed by atoms with E-state index in [0.717, 1.165) is 54.9 Å². The summed E-state index contributed by atoms with van der Waals surface area (Å²) in [5, 5.41) is 8.82. The van der Waals surface area contributed by atoms with Crippen LogP contribution in [0.25, 0.3) is 11.0 Å². The standard InChI is InChI=1S/C18H26Cl2N4O2/c1-23-16-7-6-13(24(10-8-19)11-9-20)12-15(16)22-17(23)5-3-2-4-14(21)18(25)26/h6-7,12,14H,2-5,8-11,21H2,1H3,(H,25,26)/t14-/m0/s1. The summed E-state index contributed by atoms with van der Waals surface area (Å²) in [6.45, 7) is 1.48. The number of nitrogens with zero attached hydrogens (tertiary/aromatic N) is 3. The van der Waals surface area contributed by atoms with Gasteiger partial charge in [-0.2, -0.15) is 0 Å². The maximum Gasteiger partial charge on any atom is 0.320 e. The predicted octanol–water partition coefficient (Wildman–Crippen LogP) is 2.98. The lowest BCUT2D eigenvalue weighted by molar-refractivity contribution is -0.138. The molecule has 0 saturated heterocycles. The number of rotatable bonds is 11. The van der Waals surface area contributed by atoms with Gasteiger partial charge in [0, 0.05) is 44.0 Å². The highest BCUT2D eigenvalue weighted by molar-refractivity contribution is 6.18. The van der Waals surface area contributed by atoms with Crippen molar-refractivity contribution in [1.82, 2.24) is 9.55 Å². The molecule has 26 heavy (non-hydrogen) atoms. The van der Waals surface area contributed by atoms with Crippen LogP contribution in [0.15, 0.2) is 18.2 Å². The minimum Gasteiger partial charge on any atom is -0.480 e. The summed E-state index contributed by atoms with van der Waals surface area (Å²) < 4.78 is 2.09. The Morgan fingerprint density at radius 1 is 1.31 bits per heavy atom. The molecule has 144 valence electrons. The van der Waals surface area contributed by atoms with E-state index in [-0.39, 0.29) is 0 Å². The number of hydrogen-bond donors (Lipinski definition) is 2. The predicted molar refractivity (Wildman–Crippen MR) is 108 cm³/mol. The molecule has 0 amide bonds. The van der Waals surface area contributed by atoms with Gasteiger partial charge in [-0.3, -0.25) is 4.79 Å². The van der Waals surface area contributed by atoms with Crippen molar-refractivity contribution < 1.29 is 9.90 Å². The molecule has 0 aliphatic heterocycles. The van der Waals surface area contributed by atoms with Gasteiger partial charge in [-0.1, -0.05) is 6.42 Å². The molecule has 2 rings (SSSR count). The quantitative estimate of drug-likeness (QED) is 0.447. The van der Waals surface area contributed by atoms with E-state index < -0.39 is 12.0 Å². The van der Waals surface area contributed by atoms with E-state index in [9.17, 15) is 4.79 Å². The van der Waals surface area contributed by atoms with E-state index in [1.807, 2.05) is 7.05 Å². The van der Waals surface area contributed by atoms with Crippen molar-refractivity contribution in [3.8, 4) is 0 Å². The van der Waals surface area contributed by atoms with Crippen molar-refractivity contribution in [2.24, 2.45) is 12.8 Å². The SMILES string of the molecule is Cn1c(CCCC[C@H](N)C(=O)O)nc2cc(N(CCCl)CCCl)ccc21. The summed E-state index contributed by atoms with van der Waals surface area (Å²) in [5.41, 5.74) is 8.62. The number of aliphatic carboxylic acids is 1. The molecular formula is C18H26Cl2N4O2. The van der Waals surface area contributed by atoms with Crippen LogP contribution in [0.1, 0.15) is 25.1 Å². The number of imidazole rings is 1. The zero-order valence-electron chi connectivity index (χ0n) is 15.0. The van der Waals surface area contributed by atoms with Crippen LogP contribution in [0.4, 0.5) is 5.69 Å².